The van der Waals surface area contributed by atoms with Gasteiger partial charge in [-0.15, -0.1) is 0 Å². The quantitative estimate of drug-likeness (QED) is 0.418. The fraction of sp³-hybridized carbons (Fsp3) is 0.500. The minimum absolute atomic E-state index is 0.0321. The van der Waals surface area contributed by atoms with Crippen molar-refractivity contribution in [1.82, 2.24) is 14.8 Å². The molecule has 0 bridgehead atoms. The predicted octanol–water partition coefficient (Wildman–Crippen LogP) is -2.24. The SMILES string of the molecule is COC(=O)/C=C/c1nn([C@@H]2CC(O)[C@H](CO)O2)c(=O)[nH]c1=O. The Kier molecular flexibility index (Phi) is 4.85. The van der Waals surface area contributed by atoms with Crippen LogP contribution < -0.4 is 11.2 Å². The van der Waals surface area contributed by atoms with E-state index in [1.54, 1.807) is 0 Å². The van der Waals surface area contributed by atoms with Crippen LogP contribution in [0, 0.1) is 0 Å². The van der Waals surface area contributed by atoms with Gasteiger partial charge in [0.2, 0.25) is 0 Å². The Morgan fingerprint density at radius 1 is 1.59 bits per heavy atom. The third kappa shape index (κ3) is 3.30. The summed E-state index contributed by atoms with van der Waals surface area (Å²) >= 11 is 0. The number of methoxy groups -OCH3 is 1. The topological polar surface area (TPSA) is 144 Å². The lowest BCUT2D eigenvalue weighted by Crippen LogP contribution is -2.36. The number of nitrogens with one attached hydrogen (secondary N) is 1. The van der Waals surface area contributed by atoms with Crippen molar-refractivity contribution in [3.8, 4) is 0 Å². The molecule has 1 saturated heterocycles. The minimum Gasteiger partial charge on any atom is -0.466 e. The molecule has 10 nitrogen and oxygen atoms in total. The lowest BCUT2D eigenvalue weighted by molar-refractivity contribution is -0.134. The van der Waals surface area contributed by atoms with Crippen molar-refractivity contribution in [2.75, 3.05) is 13.7 Å². The fourth-order valence-electron chi connectivity index (χ4n) is 1.97. The van der Waals surface area contributed by atoms with Gasteiger partial charge < -0.3 is 19.7 Å². The third-order valence-corrected chi connectivity index (χ3v) is 3.11. The zero-order valence-electron chi connectivity index (χ0n) is 11.6. The van der Waals surface area contributed by atoms with Gasteiger partial charge in [0.1, 0.15) is 11.8 Å². The number of H-pyrrole nitrogens is 1. The van der Waals surface area contributed by atoms with Crippen LogP contribution in [0.3, 0.4) is 0 Å². The second-order valence-electron chi connectivity index (χ2n) is 4.56. The molecule has 1 unspecified atom stereocenters. The van der Waals surface area contributed by atoms with E-state index in [1.807, 2.05) is 4.98 Å². The van der Waals surface area contributed by atoms with Crippen molar-refractivity contribution >= 4 is 12.0 Å². The molecule has 0 radical (unpaired) electrons. The number of aliphatic hydroxyl groups excluding tert-OH is 2. The largest absolute Gasteiger partial charge is 0.466 e. The van der Waals surface area contributed by atoms with Crippen LogP contribution in [0.4, 0.5) is 0 Å². The van der Waals surface area contributed by atoms with E-state index in [1.165, 1.54) is 7.11 Å². The molecular weight excluding hydrogens is 298 g/mol. The summed E-state index contributed by atoms with van der Waals surface area (Å²) in [6.45, 7) is -0.412. The molecule has 2 rings (SSSR count). The lowest BCUT2D eigenvalue weighted by atomic mass is 10.2. The molecule has 2 heterocycles. The number of aromatic nitrogens is 3. The Morgan fingerprint density at radius 3 is 2.91 bits per heavy atom. The van der Waals surface area contributed by atoms with Gasteiger partial charge in [-0.05, 0) is 6.08 Å². The highest BCUT2D eigenvalue weighted by Crippen LogP contribution is 2.26. The number of aromatic amines is 1. The summed E-state index contributed by atoms with van der Waals surface area (Å²) in [5, 5.41) is 22.5. The number of rotatable bonds is 4. The first-order valence-electron chi connectivity index (χ1n) is 6.39. The predicted molar refractivity (Wildman–Crippen MR) is 71.8 cm³/mol. The molecule has 0 amide bonds. The van der Waals surface area contributed by atoms with Gasteiger partial charge in [0.25, 0.3) is 5.56 Å². The van der Waals surface area contributed by atoms with Crippen LogP contribution in [0.5, 0.6) is 0 Å². The summed E-state index contributed by atoms with van der Waals surface area (Å²) in [6, 6.07) is 0. The molecule has 1 aromatic rings. The Hall–Kier alpha value is -2.30. The first-order valence-corrected chi connectivity index (χ1v) is 6.39. The molecule has 22 heavy (non-hydrogen) atoms. The normalized spacial score (nSPS) is 24.8. The van der Waals surface area contributed by atoms with Gasteiger partial charge in [-0.25, -0.2) is 9.59 Å². The van der Waals surface area contributed by atoms with Crippen molar-refractivity contribution < 1.29 is 24.5 Å². The van der Waals surface area contributed by atoms with Gasteiger partial charge in [0.15, 0.2) is 6.23 Å². The highest BCUT2D eigenvalue weighted by molar-refractivity contribution is 5.86. The second-order valence-corrected chi connectivity index (χ2v) is 4.56. The van der Waals surface area contributed by atoms with Crippen LogP contribution in [0.15, 0.2) is 15.7 Å². The summed E-state index contributed by atoms with van der Waals surface area (Å²) in [5.74, 6) is -0.688. The van der Waals surface area contributed by atoms with E-state index in [0.29, 0.717) is 0 Å². The van der Waals surface area contributed by atoms with Crippen LogP contribution in [0.25, 0.3) is 6.08 Å². The molecule has 3 N–H and O–H groups in total. The van der Waals surface area contributed by atoms with Gasteiger partial charge in [-0.2, -0.15) is 9.78 Å². The molecule has 1 aliphatic rings. The summed E-state index contributed by atoms with van der Waals surface area (Å²) in [7, 11) is 1.17. The van der Waals surface area contributed by atoms with Crippen LogP contribution >= 0.6 is 0 Å². The molecule has 120 valence electrons. The average molecular weight is 313 g/mol. The molecule has 10 heteroatoms. The number of aliphatic hydroxyl groups is 2. The van der Waals surface area contributed by atoms with E-state index < -0.39 is 42.3 Å². The Morgan fingerprint density at radius 2 is 2.32 bits per heavy atom. The number of carbonyl (C=O) groups is 1. The Labute approximate surface area is 123 Å². The van der Waals surface area contributed by atoms with Crippen molar-refractivity contribution in [3.63, 3.8) is 0 Å². The highest BCUT2D eigenvalue weighted by Gasteiger charge is 2.35. The molecule has 3 atom stereocenters. The van der Waals surface area contributed by atoms with E-state index in [9.17, 15) is 19.5 Å². The maximum atomic E-state index is 11.8. The van der Waals surface area contributed by atoms with Crippen molar-refractivity contribution in [3.05, 3.63) is 32.6 Å². The number of carbonyl (C=O) groups excluding carboxylic acids is 1. The zero-order valence-corrected chi connectivity index (χ0v) is 11.6. The summed E-state index contributed by atoms with van der Waals surface area (Å²) in [5.41, 5.74) is -1.80. The molecule has 0 aromatic carbocycles. The van der Waals surface area contributed by atoms with Crippen LogP contribution in [0.2, 0.25) is 0 Å². The van der Waals surface area contributed by atoms with E-state index in [4.69, 9.17) is 9.84 Å². The van der Waals surface area contributed by atoms with Crippen LogP contribution in [0.1, 0.15) is 18.3 Å². The lowest BCUT2D eigenvalue weighted by Gasteiger charge is -2.13. The highest BCUT2D eigenvalue weighted by atomic mass is 16.5. The second kappa shape index (κ2) is 6.64. The molecule has 0 saturated carbocycles. The Bertz CT molecular complexity index is 693. The van der Waals surface area contributed by atoms with E-state index in [2.05, 4.69) is 9.84 Å². The Balaban J connectivity index is 2.33. The first kappa shape index (κ1) is 16.1. The standard InChI is InChI=1S/C12H15N3O7/c1-21-10(18)3-2-6-11(19)13-12(20)15(14-6)9-4-7(17)8(5-16)22-9/h2-3,7-9,16-17H,4-5H2,1H3,(H,13,19,20)/b3-2+/t7?,8-,9-/m0/s1. The smallest absolute Gasteiger partial charge is 0.347 e. The number of esters is 1. The number of nitrogens with zero attached hydrogens (tertiary/aromatic N) is 2. The molecule has 1 fully saturated rings. The van der Waals surface area contributed by atoms with Crippen molar-refractivity contribution in [2.45, 2.75) is 24.9 Å². The van der Waals surface area contributed by atoms with Crippen LogP contribution in [-0.2, 0) is 14.3 Å². The van der Waals surface area contributed by atoms with E-state index >= 15 is 0 Å². The summed E-state index contributed by atoms with van der Waals surface area (Å²) < 4.78 is 10.5. The number of hydrogen-bond donors (Lipinski definition) is 3. The van der Waals surface area contributed by atoms with Gasteiger partial charge in [0.05, 0.1) is 19.8 Å². The van der Waals surface area contributed by atoms with Gasteiger partial charge >= 0.3 is 11.7 Å². The fourth-order valence-corrected chi connectivity index (χ4v) is 1.97. The molecule has 1 aromatic heterocycles. The summed E-state index contributed by atoms with van der Waals surface area (Å²) in [6.07, 6.45) is -0.612. The molecule has 0 aliphatic carbocycles. The summed E-state index contributed by atoms with van der Waals surface area (Å²) in [4.78, 5) is 36.5. The average Bonchev–Trinajstić information content (AvgIpc) is 2.86. The van der Waals surface area contributed by atoms with E-state index in [-0.39, 0.29) is 12.1 Å². The van der Waals surface area contributed by atoms with Crippen LogP contribution in [-0.4, -0.2) is 56.9 Å². The zero-order chi connectivity index (χ0) is 16.3. The number of hydrogen-bond acceptors (Lipinski definition) is 8. The van der Waals surface area contributed by atoms with Gasteiger partial charge in [-0.3, -0.25) is 9.78 Å². The van der Waals surface area contributed by atoms with Gasteiger partial charge in [-0.1, -0.05) is 0 Å². The number of ether oxygens (including phenoxy) is 2. The van der Waals surface area contributed by atoms with Gasteiger partial charge in [0, 0.05) is 12.5 Å². The molecular formula is C12H15N3O7. The first-order chi connectivity index (χ1) is 10.5. The molecule has 1 aliphatic heterocycles. The maximum absolute atomic E-state index is 11.8. The minimum atomic E-state index is -0.954. The maximum Gasteiger partial charge on any atom is 0.347 e. The molecule has 0 spiro atoms. The van der Waals surface area contributed by atoms with Crippen molar-refractivity contribution in [1.29, 1.82) is 0 Å². The van der Waals surface area contributed by atoms with Crippen molar-refractivity contribution in [2.24, 2.45) is 0 Å². The van der Waals surface area contributed by atoms with E-state index in [0.717, 1.165) is 16.8 Å². The third-order valence-electron chi connectivity index (χ3n) is 3.11. The monoisotopic (exact) mass is 313 g/mol.